The minimum atomic E-state index is -0.656. The summed E-state index contributed by atoms with van der Waals surface area (Å²) in [7, 11) is 3.10. The Morgan fingerprint density at radius 1 is 1.03 bits per heavy atom. The zero-order valence-corrected chi connectivity index (χ0v) is 18.5. The number of hydrogen-bond acceptors (Lipinski definition) is 6. The van der Waals surface area contributed by atoms with E-state index in [-0.39, 0.29) is 11.5 Å². The number of benzene rings is 2. The molecule has 3 rings (SSSR count). The van der Waals surface area contributed by atoms with E-state index in [4.69, 9.17) is 14.2 Å². The third-order valence-corrected chi connectivity index (χ3v) is 5.07. The molecular weight excluding hydrogens is 415 g/mol. The number of rotatable bonds is 8. The Balaban J connectivity index is 1.67. The second kappa shape index (κ2) is 10.1. The number of ether oxygens (including phenoxy) is 3. The van der Waals surface area contributed by atoms with Crippen molar-refractivity contribution in [3.8, 4) is 11.5 Å². The van der Waals surface area contributed by atoms with Crippen LogP contribution >= 0.6 is 0 Å². The number of pyridine rings is 1. The molecule has 0 bridgehead atoms. The SMILES string of the molecule is CCN(Cc1ccc(OC)c(OC)c1)C(=O)COC(=O)c1cc2ccc(F)cc2nc1C. The van der Waals surface area contributed by atoms with E-state index in [1.165, 1.54) is 12.1 Å². The van der Waals surface area contributed by atoms with Crippen LogP contribution in [-0.2, 0) is 16.1 Å². The van der Waals surface area contributed by atoms with Crippen molar-refractivity contribution < 1.29 is 28.2 Å². The number of fused-ring (bicyclic) bond motifs is 1. The Labute approximate surface area is 185 Å². The molecule has 0 fully saturated rings. The second-order valence-corrected chi connectivity index (χ2v) is 7.13. The van der Waals surface area contributed by atoms with Gasteiger partial charge in [0.05, 0.1) is 31.0 Å². The van der Waals surface area contributed by atoms with Gasteiger partial charge < -0.3 is 19.1 Å². The summed E-state index contributed by atoms with van der Waals surface area (Å²) in [5.41, 5.74) is 1.94. The lowest BCUT2D eigenvalue weighted by molar-refractivity contribution is -0.134. The molecule has 0 aliphatic heterocycles. The maximum Gasteiger partial charge on any atom is 0.340 e. The van der Waals surface area contributed by atoms with Crippen LogP contribution in [0.4, 0.5) is 4.39 Å². The Morgan fingerprint density at radius 2 is 1.78 bits per heavy atom. The summed E-state index contributed by atoms with van der Waals surface area (Å²) in [4.78, 5) is 31.1. The molecule has 0 unspecified atom stereocenters. The highest BCUT2D eigenvalue weighted by Gasteiger charge is 2.19. The monoisotopic (exact) mass is 440 g/mol. The molecule has 3 aromatic rings. The number of likely N-dealkylation sites (N-methyl/N-ethyl adjacent to an activating group) is 1. The zero-order valence-electron chi connectivity index (χ0n) is 18.5. The first-order chi connectivity index (χ1) is 15.4. The van der Waals surface area contributed by atoms with Crippen molar-refractivity contribution in [2.24, 2.45) is 0 Å². The lowest BCUT2D eigenvalue weighted by Gasteiger charge is -2.21. The number of hydrogen-bond donors (Lipinski definition) is 0. The summed E-state index contributed by atoms with van der Waals surface area (Å²) in [6.07, 6.45) is 0. The zero-order chi connectivity index (χ0) is 23.3. The van der Waals surface area contributed by atoms with E-state index in [9.17, 15) is 14.0 Å². The molecule has 32 heavy (non-hydrogen) atoms. The predicted molar refractivity (Wildman–Crippen MR) is 117 cm³/mol. The van der Waals surface area contributed by atoms with Gasteiger partial charge in [0.2, 0.25) is 0 Å². The summed E-state index contributed by atoms with van der Waals surface area (Å²) in [5.74, 6) is -0.221. The molecule has 1 amide bonds. The molecule has 1 aromatic heterocycles. The van der Waals surface area contributed by atoms with E-state index in [0.29, 0.717) is 41.2 Å². The first-order valence-corrected chi connectivity index (χ1v) is 10.1. The molecule has 0 saturated heterocycles. The van der Waals surface area contributed by atoms with Crippen molar-refractivity contribution in [1.82, 2.24) is 9.88 Å². The number of esters is 1. The minimum absolute atomic E-state index is 0.236. The minimum Gasteiger partial charge on any atom is -0.493 e. The molecule has 1 heterocycles. The van der Waals surface area contributed by atoms with Crippen LogP contribution in [0.2, 0.25) is 0 Å². The molecule has 0 aliphatic rings. The van der Waals surface area contributed by atoms with Crippen LogP contribution in [0.15, 0.2) is 42.5 Å². The van der Waals surface area contributed by atoms with Gasteiger partial charge >= 0.3 is 5.97 Å². The van der Waals surface area contributed by atoms with E-state index < -0.39 is 18.4 Å². The molecule has 0 aliphatic carbocycles. The average molecular weight is 440 g/mol. The van der Waals surface area contributed by atoms with Gasteiger partial charge in [-0.3, -0.25) is 9.78 Å². The largest absolute Gasteiger partial charge is 0.493 e. The van der Waals surface area contributed by atoms with Crippen LogP contribution in [0, 0.1) is 12.7 Å². The molecule has 2 aromatic carbocycles. The number of carbonyl (C=O) groups excluding carboxylic acids is 2. The van der Waals surface area contributed by atoms with E-state index in [0.717, 1.165) is 5.56 Å². The number of amides is 1. The highest BCUT2D eigenvalue weighted by molar-refractivity contribution is 5.96. The smallest absolute Gasteiger partial charge is 0.340 e. The number of methoxy groups -OCH3 is 2. The van der Waals surface area contributed by atoms with Gasteiger partial charge in [0.25, 0.3) is 5.91 Å². The fourth-order valence-electron chi connectivity index (χ4n) is 3.32. The number of aromatic nitrogens is 1. The summed E-state index contributed by atoms with van der Waals surface area (Å²) in [6, 6.07) is 11.1. The number of aryl methyl sites for hydroxylation is 1. The van der Waals surface area contributed by atoms with Crippen LogP contribution in [0.25, 0.3) is 10.9 Å². The van der Waals surface area contributed by atoms with Crippen LogP contribution in [0.3, 0.4) is 0 Å². The Kier molecular flexibility index (Phi) is 7.25. The van der Waals surface area contributed by atoms with Crippen LogP contribution < -0.4 is 9.47 Å². The van der Waals surface area contributed by atoms with E-state index in [1.807, 2.05) is 13.0 Å². The Bertz CT molecular complexity index is 1150. The average Bonchev–Trinajstić information content (AvgIpc) is 2.79. The lowest BCUT2D eigenvalue weighted by Crippen LogP contribution is -2.34. The maximum atomic E-state index is 13.4. The molecule has 0 atom stereocenters. The molecule has 168 valence electrons. The predicted octanol–water partition coefficient (Wildman–Crippen LogP) is 3.91. The first kappa shape index (κ1) is 23.0. The Morgan fingerprint density at radius 3 is 2.47 bits per heavy atom. The van der Waals surface area contributed by atoms with Gasteiger partial charge in [-0.15, -0.1) is 0 Å². The van der Waals surface area contributed by atoms with Crippen molar-refractivity contribution in [1.29, 1.82) is 0 Å². The van der Waals surface area contributed by atoms with Crippen molar-refractivity contribution in [3.05, 3.63) is 65.1 Å². The van der Waals surface area contributed by atoms with Crippen molar-refractivity contribution >= 4 is 22.8 Å². The highest BCUT2D eigenvalue weighted by Crippen LogP contribution is 2.28. The first-order valence-electron chi connectivity index (χ1n) is 10.1. The fraction of sp³-hybridized carbons (Fsp3) is 0.292. The van der Waals surface area contributed by atoms with Crippen molar-refractivity contribution in [2.75, 3.05) is 27.4 Å². The van der Waals surface area contributed by atoms with E-state index in [2.05, 4.69) is 4.98 Å². The Hall–Kier alpha value is -3.68. The van der Waals surface area contributed by atoms with E-state index >= 15 is 0 Å². The van der Waals surface area contributed by atoms with Crippen LogP contribution in [0.5, 0.6) is 11.5 Å². The molecule has 7 nitrogen and oxygen atoms in total. The summed E-state index contributed by atoms with van der Waals surface area (Å²) in [5, 5.41) is 0.610. The molecule has 0 saturated carbocycles. The maximum absolute atomic E-state index is 13.4. The van der Waals surface area contributed by atoms with Crippen molar-refractivity contribution in [3.63, 3.8) is 0 Å². The number of halogens is 1. The summed E-state index contributed by atoms with van der Waals surface area (Å²) in [6.45, 7) is 3.85. The summed E-state index contributed by atoms with van der Waals surface area (Å²) >= 11 is 0. The highest BCUT2D eigenvalue weighted by atomic mass is 19.1. The molecule has 8 heteroatoms. The van der Waals surface area contributed by atoms with E-state index in [1.54, 1.807) is 50.3 Å². The molecule has 0 radical (unpaired) electrons. The van der Waals surface area contributed by atoms with Gasteiger partial charge in [-0.1, -0.05) is 6.07 Å². The molecule has 0 spiro atoms. The van der Waals surface area contributed by atoms with Gasteiger partial charge in [0.15, 0.2) is 18.1 Å². The standard InChI is InChI=1S/C24H25FN2O5/c1-5-27(13-16-6-9-21(30-3)22(10-16)31-4)23(28)14-32-24(29)19-11-17-7-8-18(25)12-20(17)26-15(19)2/h6-12H,5,13-14H2,1-4H3. The van der Waals surface area contributed by atoms with Gasteiger partial charge in [0.1, 0.15) is 5.82 Å². The number of nitrogens with zero attached hydrogens (tertiary/aromatic N) is 2. The third kappa shape index (κ3) is 5.14. The van der Waals surface area contributed by atoms with Crippen LogP contribution in [-0.4, -0.2) is 49.1 Å². The normalized spacial score (nSPS) is 10.7. The van der Waals surface area contributed by atoms with Gasteiger partial charge in [-0.05, 0) is 49.7 Å². The quantitative estimate of drug-likeness (QED) is 0.495. The fourth-order valence-corrected chi connectivity index (χ4v) is 3.32. The summed E-state index contributed by atoms with van der Waals surface area (Å²) < 4.78 is 29.2. The molecular formula is C24H25FN2O5. The van der Waals surface area contributed by atoms with Gasteiger partial charge in [0, 0.05) is 24.5 Å². The third-order valence-electron chi connectivity index (χ3n) is 5.07. The van der Waals surface area contributed by atoms with Gasteiger partial charge in [-0.25, -0.2) is 9.18 Å². The lowest BCUT2D eigenvalue weighted by atomic mass is 10.1. The van der Waals surface area contributed by atoms with Crippen LogP contribution in [0.1, 0.15) is 28.5 Å². The topological polar surface area (TPSA) is 78.0 Å². The number of carbonyl (C=O) groups is 2. The second-order valence-electron chi connectivity index (χ2n) is 7.13. The van der Waals surface area contributed by atoms with Gasteiger partial charge in [-0.2, -0.15) is 0 Å². The molecule has 0 N–H and O–H groups in total. The van der Waals surface area contributed by atoms with Crippen molar-refractivity contribution in [2.45, 2.75) is 20.4 Å².